The summed E-state index contributed by atoms with van der Waals surface area (Å²) in [7, 11) is 0. The molecule has 5 nitrogen and oxygen atoms in total. The maximum atomic E-state index is 12.9. The zero-order valence-electron chi connectivity index (χ0n) is 22.8. The van der Waals surface area contributed by atoms with Crippen LogP contribution in [0.25, 0.3) is 0 Å². The number of aliphatic imine (C=N–C) groups is 1. The average molecular weight is 526 g/mol. The fraction of sp³-hybridized carbons (Fsp3) is 0.367. The quantitative estimate of drug-likeness (QED) is 0.298. The van der Waals surface area contributed by atoms with Gasteiger partial charge < -0.3 is 20.4 Å². The molecule has 38 heavy (non-hydrogen) atoms. The highest BCUT2D eigenvalue weighted by Gasteiger charge is 2.37. The first-order valence-corrected chi connectivity index (χ1v) is 12.7. The minimum absolute atomic E-state index is 0.143. The summed E-state index contributed by atoms with van der Waals surface area (Å²) in [6.07, 6.45) is 8.75. The van der Waals surface area contributed by atoms with Crippen LogP contribution in [0.15, 0.2) is 113 Å². The van der Waals surface area contributed by atoms with Gasteiger partial charge >= 0.3 is 6.18 Å². The summed E-state index contributed by atoms with van der Waals surface area (Å²) >= 11 is 0. The average Bonchev–Trinajstić information content (AvgIpc) is 3.45. The van der Waals surface area contributed by atoms with E-state index in [9.17, 15) is 13.2 Å². The third-order valence-electron chi connectivity index (χ3n) is 6.87. The van der Waals surface area contributed by atoms with Crippen LogP contribution in [0.2, 0.25) is 0 Å². The first kappa shape index (κ1) is 28.9. The number of rotatable bonds is 11. The van der Waals surface area contributed by atoms with Gasteiger partial charge in [-0.25, -0.2) is 0 Å². The molecule has 0 amide bonds. The van der Waals surface area contributed by atoms with Crippen LogP contribution in [0, 0.1) is 0 Å². The summed E-state index contributed by atoms with van der Waals surface area (Å²) < 4.78 is 38.7. The summed E-state index contributed by atoms with van der Waals surface area (Å²) in [5.41, 5.74) is 6.74. The van der Waals surface area contributed by atoms with Crippen LogP contribution in [0.1, 0.15) is 40.5 Å². The summed E-state index contributed by atoms with van der Waals surface area (Å²) in [5, 5.41) is 5.84. The number of allylic oxidation sites excluding steroid dienone is 9. The number of hydrogen-bond donors (Lipinski definition) is 2. The van der Waals surface area contributed by atoms with Crippen LogP contribution in [0.4, 0.5) is 13.2 Å². The van der Waals surface area contributed by atoms with Gasteiger partial charge in [-0.2, -0.15) is 13.2 Å². The minimum Gasteiger partial charge on any atom is -0.374 e. The Hall–Kier alpha value is -3.68. The third-order valence-corrected chi connectivity index (χ3v) is 6.87. The molecular weight excluding hydrogens is 487 g/mol. The molecule has 0 spiro atoms. The van der Waals surface area contributed by atoms with Crippen molar-refractivity contribution in [3.8, 4) is 0 Å². The van der Waals surface area contributed by atoms with Crippen LogP contribution >= 0.6 is 0 Å². The SMILES string of the molecule is C=C/C=C(\C=C(/C)NC(=C)N1C(C)=C(/C=C\C(=C)C(=C)N[C@H](C)C(F)(F)F)N2CCC1C2)C1=CN=C(C)C1. The van der Waals surface area contributed by atoms with E-state index in [1.165, 1.54) is 0 Å². The summed E-state index contributed by atoms with van der Waals surface area (Å²) in [6.45, 7) is 24.6. The van der Waals surface area contributed by atoms with Gasteiger partial charge in [0, 0.05) is 48.5 Å². The number of nitrogens with zero attached hydrogens (tertiary/aromatic N) is 3. The Kier molecular flexibility index (Phi) is 8.97. The molecule has 2 bridgehead atoms. The Morgan fingerprint density at radius 2 is 1.95 bits per heavy atom. The topological polar surface area (TPSA) is 42.9 Å². The second kappa shape index (κ2) is 11.8. The van der Waals surface area contributed by atoms with E-state index in [0.717, 1.165) is 72.6 Å². The Morgan fingerprint density at radius 3 is 2.55 bits per heavy atom. The molecular formula is C30H38F3N5. The molecule has 2 atom stereocenters. The number of hydrogen-bond acceptors (Lipinski definition) is 5. The van der Waals surface area contributed by atoms with Crippen molar-refractivity contribution in [2.45, 2.75) is 58.8 Å². The van der Waals surface area contributed by atoms with Crippen molar-refractivity contribution in [2.75, 3.05) is 13.1 Å². The molecule has 0 aromatic carbocycles. The largest absolute Gasteiger partial charge is 0.408 e. The van der Waals surface area contributed by atoms with Crippen LogP contribution < -0.4 is 10.6 Å². The molecule has 0 aliphatic carbocycles. The molecule has 1 saturated heterocycles. The van der Waals surface area contributed by atoms with Crippen molar-refractivity contribution < 1.29 is 13.2 Å². The second-order valence-corrected chi connectivity index (χ2v) is 9.93. The predicted octanol–water partition coefficient (Wildman–Crippen LogP) is 6.60. The molecule has 3 aliphatic heterocycles. The minimum atomic E-state index is -4.36. The zero-order valence-corrected chi connectivity index (χ0v) is 22.8. The highest BCUT2D eigenvalue weighted by atomic mass is 19.4. The molecule has 0 radical (unpaired) electrons. The summed E-state index contributed by atoms with van der Waals surface area (Å²) in [5.74, 6) is 0.767. The first-order chi connectivity index (χ1) is 17.8. The van der Waals surface area contributed by atoms with Crippen LogP contribution in [0.3, 0.4) is 0 Å². The Bertz CT molecular complexity index is 1190. The van der Waals surface area contributed by atoms with Gasteiger partial charge in [0.2, 0.25) is 0 Å². The van der Waals surface area contributed by atoms with Gasteiger partial charge in [-0.3, -0.25) is 4.99 Å². The lowest BCUT2D eigenvalue weighted by Gasteiger charge is -2.39. The lowest BCUT2D eigenvalue weighted by atomic mass is 10.0. The van der Waals surface area contributed by atoms with E-state index in [1.807, 2.05) is 39.1 Å². The van der Waals surface area contributed by atoms with Crippen molar-refractivity contribution in [3.05, 3.63) is 108 Å². The zero-order chi connectivity index (χ0) is 28.2. The van der Waals surface area contributed by atoms with Gasteiger partial charge in [0.15, 0.2) is 0 Å². The monoisotopic (exact) mass is 525 g/mol. The molecule has 0 aromatic heterocycles. The van der Waals surface area contributed by atoms with Crippen LogP contribution in [-0.2, 0) is 0 Å². The molecule has 3 rings (SSSR count). The van der Waals surface area contributed by atoms with E-state index in [-0.39, 0.29) is 11.7 Å². The van der Waals surface area contributed by atoms with Gasteiger partial charge in [0.25, 0.3) is 0 Å². The Labute approximate surface area is 224 Å². The Morgan fingerprint density at radius 1 is 1.24 bits per heavy atom. The molecule has 0 saturated carbocycles. The highest BCUT2D eigenvalue weighted by molar-refractivity contribution is 5.88. The fourth-order valence-corrected chi connectivity index (χ4v) is 4.83. The lowest BCUT2D eigenvalue weighted by Crippen LogP contribution is -2.43. The number of alkyl halides is 3. The van der Waals surface area contributed by atoms with Gasteiger partial charge in [-0.1, -0.05) is 44.5 Å². The van der Waals surface area contributed by atoms with E-state index in [4.69, 9.17) is 0 Å². The third kappa shape index (κ3) is 6.79. The Balaban J connectivity index is 1.75. The maximum absolute atomic E-state index is 12.9. The van der Waals surface area contributed by atoms with Crippen molar-refractivity contribution in [1.29, 1.82) is 0 Å². The van der Waals surface area contributed by atoms with Gasteiger partial charge in [0.05, 0.1) is 11.7 Å². The van der Waals surface area contributed by atoms with Crippen molar-refractivity contribution in [1.82, 2.24) is 20.4 Å². The van der Waals surface area contributed by atoms with Crippen molar-refractivity contribution in [3.63, 3.8) is 0 Å². The molecule has 0 aromatic rings. The number of halogens is 3. The van der Waals surface area contributed by atoms with Crippen LogP contribution in [0.5, 0.6) is 0 Å². The fourth-order valence-electron chi connectivity index (χ4n) is 4.83. The van der Waals surface area contributed by atoms with Crippen molar-refractivity contribution >= 4 is 5.71 Å². The van der Waals surface area contributed by atoms with Crippen molar-refractivity contribution in [2.24, 2.45) is 4.99 Å². The normalized spacial score (nSPS) is 21.0. The summed E-state index contributed by atoms with van der Waals surface area (Å²) in [4.78, 5) is 8.88. The van der Waals surface area contributed by atoms with Gasteiger partial charge in [0.1, 0.15) is 11.9 Å². The van der Waals surface area contributed by atoms with Gasteiger partial charge in [-0.05, 0) is 63.0 Å². The highest BCUT2D eigenvalue weighted by Crippen LogP contribution is 2.34. The van der Waals surface area contributed by atoms with E-state index in [2.05, 4.69) is 57.8 Å². The standard InChI is InChI=1S/C30H38F3N5/c1-9-10-26(27-15-20(3)34-17-27)16-21(4)35-25(8)38-23(6)29(37-14-13-28(38)18-37)12-11-19(2)22(5)36-24(7)30(31,32)33/h9-12,16-17,24,28,35-36H,1-2,5,8,13-15,18H2,3-4,6-7H3/b12-11-,21-16+,26-10+/t24-,28?/m1/s1. The lowest BCUT2D eigenvalue weighted by molar-refractivity contribution is -0.149. The number of fused-ring (bicyclic) bond motifs is 2. The van der Waals surface area contributed by atoms with Crippen LogP contribution in [-0.4, -0.2) is 46.9 Å². The van der Waals surface area contributed by atoms with Gasteiger partial charge in [-0.15, -0.1) is 0 Å². The van der Waals surface area contributed by atoms with E-state index in [0.29, 0.717) is 5.57 Å². The molecule has 204 valence electrons. The summed E-state index contributed by atoms with van der Waals surface area (Å²) in [6, 6.07) is -1.43. The number of nitrogens with one attached hydrogen (secondary N) is 2. The molecule has 3 aliphatic rings. The van der Waals surface area contributed by atoms with E-state index in [1.54, 1.807) is 12.2 Å². The molecule has 1 fully saturated rings. The van der Waals surface area contributed by atoms with E-state index < -0.39 is 12.2 Å². The predicted molar refractivity (Wildman–Crippen MR) is 151 cm³/mol. The molecule has 3 heterocycles. The molecule has 2 N–H and O–H groups in total. The molecule has 1 unspecified atom stereocenters. The maximum Gasteiger partial charge on any atom is 0.408 e. The first-order valence-electron chi connectivity index (χ1n) is 12.7. The molecule has 8 heteroatoms. The second-order valence-electron chi connectivity index (χ2n) is 9.93. The van der Waals surface area contributed by atoms with E-state index >= 15 is 0 Å². The smallest absolute Gasteiger partial charge is 0.374 e.